The molecule has 0 bridgehead atoms. The maximum Gasteiger partial charge on any atom is 0.251 e. The second-order valence-electron chi connectivity index (χ2n) is 9.17. The van der Waals surface area contributed by atoms with Crippen LogP contribution in [0.2, 0.25) is 0 Å². The number of imidazole rings is 1. The van der Waals surface area contributed by atoms with Crippen molar-refractivity contribution in [3.05, 3.63) is 102 Å². The molecule has 0 saturated carbocycles. The molecule has 2 N–H and O–H groups in total. The number of nitrogens with one attached hydrogen (secondary N) is 1. The highest BCUT2D eigenvalue weighted by atomic mass is 19.1. The number of hydrogen-bond donors (Lipinski definition) is 2. The molecule has 1 unspecified atom stereocenters. The smallest absolute Gasteiger partial charge is 0.251 e. The summed E-state index contributed by atoms with van der Waals surface area (Å²) in [5, 5.41) is 14.1. The average molecular weight is 485 g/mol. The number of hydrogen-bond acceptors (Lipinski definition) is 4. The van der Waals surface area contributed by atoms with Crippen LogP contribution in [0.15, 0.2) is 78.9 Å². The lowest BCUT2D eigenvalue weighted by atomic mass is 10.1. The lowest BCUT2D eigenvalue weighted by molar-refractivity contribution is -0.142. The van der Waals surface area contributed by atoms with Crippen LogP contribution in [-0.4, -0.2) is 38.1 Å². The molecule has 4 aromatic rings. The van der Waals surface area contributed by atoms with Crippen molar-refractivity contribution >= 4 is 17.4 Å². The van der Waals surface area contributed by atoms with Gasteiger partial charge < -0.3 is 19.9 Å². The molecule has 1 aromatic heterocycles. The van der Waals surface area contributed by atoms with Crippen LogP contribution in [0.1, 0.15) is 23.4 Å². The monoisotopic (exact) mass is 484 g/mol. The number of carbonyl (C=O) groups excluding carboxylic acids is 1. The lowest BCUT2D eigenvalue weighted by Gasteiger charge is -2.30. The highest BCUT2D eigenvalue weighted by Gasteiger charge is 2.29. The van der Waals surface area contributed by atoms with Gasteiger partial charge in [0.25, 0.3) is 5.91 Å². The van der Waals surface area contributed by atoms with Gasteiger partial charge in [-0.3, -0.25) is 4.79 Å². The molecular weight excluding hydrogens is 455 g/mol. The molecule has 7 heteroatoms. The molecule has 0 fully saturated rings. The molecular formula is C29H29FN4O2. The van der Waals surface area contributed by atoms with Crippen molar-refractivity contribution in [2.45, 2.75) is 39.0 Å². The van der Waals surface area contributed by atoms with Crippen molar-refractivity contribution < 1.29 is 14.3 Å². The van der Waals surface area contributed by atoms with Gasteiger partial charge in [-0.15, -0.1) is 0 Å². The quantitative estimate of drug-likeness (QED) is 0.384. The summed E-state index contributed by atoms with van der Waals surface area (Å²) >= 11 is 0. The van der Waals surface area contributed by atoms with Gasteiger partial charge in [-0.05, 0) is 61.7 Å². The SMILES string of the molecule is Cc1ccc(Nc2c(-c3ccc(F)cc3)nc3n2CCN(C(=O)C(O)CCc2ccccc2)C3)cc1. The van der Waals surface area contributed by atoms with Crippen LogP contribution in [0.3, 0.4) is 0 Å². The molecule has 0 radical (unpaired) electrons. The van der Waals surface area contributed by atoms with E-state index >= 15 is 0 Å². The molecule has 2 heterocycles. The molecule has 1 aliphatic heterocycles. The Hall–Kier alpha value is -3.97. The normalized spacial score (nSPS) is 13.8. The van der Waals surface area contributed by atoms with Crippen LogP contribution in [0.25, 0.3) is 11.3 Å². The molecule has 6 nitrogen and oxygen atoms in total. The Morgan fingerprint density at radius 1 is 1.03 bits per heavy atom. The van der Waals surface area contributed by atoms with Gasteiger partial charge in [-0.2, -0.15) is 0 Å². The summed E-state index contributed by atoms with van der Waals surface area (Å²) in [4.78, 5) is 19.6. The standard InChI is InChI=1S/C29H29FN4O2/c1-20-7-14-24(15-8-20)31-28-27(22-10-12-23(30)13-11-22)32-26-19-33(17-18-34(26)28)29(36)25(35)16-9-21-5-3-2-4-6-21/h2-8,10-15,25,31,35H,9,16-19H2,1H3. The molecule has 184 valence electrons. The molecule has 1 atom stereocenters. The number of carbonyl (C=O) groups is 1. The van der Waals surface area contributed by atoms with Gasteiger partial charge in [0.2, 0.25) is 0 Å². The van der Waals surface area contributed by atoms with Gasteiger partial charge in [0.15, 0.2) is 0 Å². The molecule has 1 aliphatic rings. The summed E-state index contributed by atoms with van der Waals surface area (Å²) < 4.78 is 15.7. The third kappa shape index (κ3) is 5.16. The minimum absolute atomic E-state index is 0.281. The van der Waals surface area contributed by atoms with Gasteiger partial charge in [0, 0.05) is 24.3 Å². The van der Waals surface area contributed by atoms with Gasteiger partial charge in [-0.1, -0.05) is 48.0 Å². The number of aliphatic hydroxyl groups excluding tert-OH is 1. The van der Waals surface area contributed by atoms with E-state index in [1.165, 1.54) is 12.1 Å². The zero-order valence-corrected chi connectivity index (χ0v) is 20.2. The Labute approximate surface area is 210 Å². The van der Waals surface area contributed by atoms with Crippen LogP contribution in [-0.2, 0) is 24.3 Å². The largest absolute Gasteiger partial charge is 0.383 e. The number of nitrogens with zero attached hydrogens (tertiary/aromatic N) is 3. The van der Waals surface area contributed by atoms with Gasteiger partial charge in [0.05, 0.1) is 6.54 Å². The first-order valence-corrected chi connectivity index (χ1v) is 12.2. The number of aryl methyl sites for hydroxylation is 2. The Morgan fingerprint density at radius 3 is 2.47 bits per heavy atom. The van der Waals surface area contributed by atoms with E-state index in [2.05, 4.69) is 9.88 Å². The van der Waals surface area contributed by atoms with Crippen LogP contribution in [0.4, 0.5) is 15.9 Å². The van der Waals surface area contributed by atoms with Crippen LogP contribution >= 0.6 is 0 Å². The van der Waals surface area contributed by atoms with Crippen molar-refractivity contribution in [2.24, 2.45) is 0 Å². The predicted octanol–water partition coefficient (Wildman–Crippen LogP) is 5.08. The molecule has 36 heavy (non-hydrogen) atoms. The van der Waals surface area contributed by atoms with E-state index in [1.807, 2.05) is 61.5 Å². The number of anilines is 2. The molecule has 0 aliphatic carbocycles. The second kappa shape index (κ2) is 10.3. The average Bonchev–Trinajstić information content (AvgIpc) is 3.26. The van der Waals surface area contributed by atoms with E-state index in [-0.39, 0.29) is 11.7 Å². The van der Waals surface area contributed by atoms with Crippen LogP contribution in [0.5, 0.6) is 0 Å². The van der Waals surface area contributed by atoms with E-state index in [4.69, 9.17) is 4.98 Å². The fourth-order valence-corrected chi connectivity index (χ4v) is 4.51. The third-order valence-electron chi connectivity index (χ3n) is 6.55. The maximum atomic E-state index is 13.6. The topological polar surface area (TPSA) is 70.4 Å². The van der Waals surface area contributed by atoms with E-state index in [9.17, 15) is 14.3 Å². The molecule has 1 amide bonds. The summed E-state index contributed by atoms with van der Waals surface area (Å²) in [6.45, 7) is 3.34. The summed E-state index contributed by atoms with van der Waals surface area (Å²) in [7, 11) is 0. The number of fused-ring (bicyclic) bond motifs is 1. The second-order valence-corrected chi connectivity index (χ2v) is 9.17. The van der Waals surface area contributed by atoms with E-state index < -0.39 is 6.10 Å². The first kappa shape index (κ1) is 23.8. The zero-order chi connectivity index (χ0) is 25.1. The van der Waals surface area contributed by atoms with Gasteiger partial charge >= 0.3 is 0 Å². The van der Waals surface area contributed by atoms with Crippen molar-refractivity contribution in [1.29, 1.82) is 0 Å². The molecule has 0 saturated heterocycles. The van der Waals surface area contributed by atoms with E-state index in [1.54, 1.807) is 17.0 Å². The minimum Gasteiger partial charge on any atom is -0.383 e. The number of halogens is 1. The lowest BCUT2D eigenvalue weighted by Crippen LogP contribution is -2.44. The highest BCUT2D eigenvalue weighted by molar-refractivity contribution is 5.81. The Kier molecular flexibility index (Phi) is 6.82. The van der Waals surface area contributed by atoms with Gasteiger partial charge in [-0.25, -0.2) is 9.37 Å². The third-order valence-corrected chi connectivity index (χ3v) is 6.55. The van der Waals surface area contributed by atoms with Crippen LogP contribution < -0.4 is 5.32 Å². The Morgan fingerprint density at radius 2 is 1.75 bits per heavy atom. The predicted molar refractivity (Wildman–Crippen MR) is 138 cm³/mol. The Balaban J connectivity index is 1.38. The number of rotatable bonds is 7. The van der Waals surface area contributed by atoms with Crippen LogP contribution in [0, 0.1) is 12.7 Å². The van der Waals surface area contributed by atoms with E-state index in [0.29, 0.717) is 38.2 Å². The first-order valence-electron chi connectivity index (χ1n) is 12.2. The fraction of sp³-hybridized carbons (Fsp3) is 0.241. The van der Waals surface area contributed by atoms with Crippen molar-refractivity contribution in [1.82, 2.24) is 14.5 Å². The van der Waals surface area contributed by atoms with Crippen molar-refractivity contribution in [3.63, 3.8) is 0 Å². The maximum absolute atomic E-state index is 13.6. The highest BCUT2D eigenvalue weighted by Crippen LogP contribution is 2.33. The minimum atomic E-state index is -1.06. The number of aliphatic hydroxyl groups is 1. The summed E-state index contributed by atoms with van der Waals surface area (Å²) in [6, 6.07) is 24.2. The van der Waals surface area contributed by atoms with Crippen molar-refractivity contribution in [3.8, 4) is 11.3 Å². The number of aromatic nitrogens is 2. The fourth-order valence-electron chi connectivity index (χ4n) is 4.51. The molecule has 0 spiro atoms. The Bertz CT molecular complexity index is 1330. The molecule has 5 rings (SSSR count). The van der Waals surface area contributed by atoms with Gasteiger partial charge in [0.1, 0.15) is 29.3 Å². The molecule has 3 aromatic carbocycles. The summed E-state index contributed by atoms with van der Waals surface area (Å²) in [5.74, 6) is 0.935. The summed E-state index contributed by atoms with van der Waals surface area (Å²) in [6.07, 6.45) is -0.0573. The number of benzene rings is 3. The number of amides is 1. The van der Waals surface area contributed by atoms with E-state index in [0.717, 1.165) is 34.0 Å². The zero-order valence-electron chi connectivity index (χ0n) is 20.2. The summed E-state index contributed by atoms with van der Waals surface area (Å²) in [5.41, 5.74) is 4.66. The first-order chi connectivity index (χ1) is 17.5. The van der Waals surface area contributed by atoms with Crippen molar-refractivity contribution in [2.75, 3.05) is 11.9 Å².